The Kier molecular flexibility index (Phi) is 10.0. The molecule has 0 aliphatic rings. The van der Waals surface area contributed by atoms with Crippen LogP contribution >= 0.6 is 22.6 Å². The molecule has 0 spiro atoms. The lowest BCUT2D eigenvalue weighted by molar-refractivity contribution is -0.139. The summed E-state index contributed by atoms with van der Waals surface area (Å²) >= 11 is 2.11. The number of carbonyl (C=O) groups is 2. The molecular weight excluding hydrogens is 608 g/mol. The van der Waals surface area contributed by atoms with Gasteiger partial charge in [-0.15, -0.1) is 0 Å². The molecule has 0 saturated heterocycles. The van der Waals surface area contributed by atoms with E-state index in [9.17, 15) is 22.4 Å². The normalized spacial score (nSPS) is 12.0. The quantitative estimate of drug-likeness (QED) is 0.313. The zero-order chi connectivity index (χ0) is 27.0. The molecule has 0 aliphatic carbocycles. The number of halogens is 2. The highest BCUT2D eigenvalue weighted by molar-refractivity contribution is 14.1. The molecule has 1 unspecified atom stereocenters. The van der Waals surface area contributed by atoms with E-state index in [2.05, 4.69) is 27.9 Å². The van der Waals surface area contributed by atoms with E-state index in [1.807, 2.05) is 6.92 Å². The summed E-state index contributed by atoms with van der Waals surface area (Å²) in [5.41, 5.74) is 0.518. The average Bonchev–Trinajstić information content (AvgIpc) is 2.90. The molecule has 10 heteroatoms. The van der Waals surface area contributed by atoms with Gasteiger partial charge in [0.25, 0.3) is 10.0 Å². The predicted molar refractivity (Wildman–Crippen MR) is 150 cm³/mol. The van der Waals surface area contributed by atoms with Crippen molar-refractivity contribution in [2.24, 2.45) is 0 Å². The molecule has 0 heterocycles. The van der Waals surface area contributed by atoms with Gasteiger partial charge in [-0.3, -0.25) is 13.9 Å². The fraction of sp³-hybridized carbons (Fsp3) is 0.259. The van der Waals surface area contributed by atoms with Gasteiger partial charge in [0.1, 0.15) is 18.4 Å². The predicted octanol–water partition coefficient (Wildman–Crippen LogP) is 4.57. The fourth-order valence-corrected chi connectivity index (χ4v) is 5.44. The highest BCUT2D eigenvalue weighted by Gasteiger charge is 2.32. The van der Waals surface area contributed by atoms with E-state index in [0.29, 0.717) is 18.7 Å². The second-order valence-corrected chi connectivity index (χ2v) is 11.5. The smallest absolute Gasteiger partial charge is 0.264 e. The number of benzene rings is 3. The van der Waals surface area contributed by atoms with Crippen LogP contribution in [0.4, 0.5) is 10.1 Å². The van der Waals surface area contributed by atoms with Gasteiger partial charge in [0.15, 0.2) is 0 Å². The lowest BCUT2D eigenvalue weighted by Crippen LogP contribution is -2.51. The Morgan fingerprint density at radius 2 is 1.59 bits per heavy atom. The molecule has 2 amide bonds. The van der Waals surface area contributed by atoms with E-state index < -0.39 is 40.2 Å². The Morgan fingerprint density at radius 1 is 0.973 bits per heavy atom. The average molecular weight is 638 g/mol. The summed E-state index contributed by atoms with van der Waals surface area (Å²) in [4.78, 5) is 27.8. The topological polar surface area (TPSA) is 86.8 Å². The first-order valence-corrected chi connectivity index (χ1v) is 14.3. The van der Waals surface area contributed by atoms with Gasteiger partial charge >= 0.3 is 0 Å². The highest BCUT2D eigenvalue weighted by Crippen LogP contribution is 2.25. The minimum absolute atomic E-state index is 0.0238. The van der Waals surface area contributed by atoms with Crippen molar-refractivity contribution in [1.82, 2.24) is 10.2 Å². The third-order valence-corrected chi connectivity index (χ3v) is 8.25. The molecule has 0 fully saturated rings. The van der Waals surface area contributed by atoms with Crippen molar-refractivity contribution >= 4 is 50.1 Å². The zero-order valence-electron chi connectivity index (χ0n) is 20.6. The van der Waals surface area contributed by atoms with E-state index in [1.165, 1.54) is 35.2 Å². The van der Waals surface area contributed by atoms with E-state index in [1.54, 1.807) is 55.5 Å². The summed E-state index contributed by atoms with van der Waals surface area (Å²) in [5, 5.41) is 2.76. The Labute approximate surface area is 230 Å². The molecule has 1 N–H and O–H groups in total. The van der Waals surface area contributed by atoms with Crippen LogP contribution in [0.15, 0.2) is 83.8 Å². The third-order valence-electron chi connectivity index (χ3n) is 5.74. The van der Waals surface area contributed by atoms with Crippen LogP contribution in [0.5, 0.6) is 0 Å². The first-order chi connectivity index (χ1) is 17.6. The number of nitrogens with zero attached hydrogens (tertiary/aromatic N) is 2. The number of amides is 2. The minimum Gasteiger partial charge on any atom is -0.354 e. The van der Waals surface area contributed by atoms with Crippen LogP contribution in [0.3, 0.4) is 0 Å². The van der Waals surface area contributed by atoms with Crippen LogP contribution < -0.4 is 9.62 Å². The Hall–Kier alpha value is -2.99. The summed E-state index contributed by atoms with van der Waals surface area (Å²) in [7, 11) is -4.13. The number of rotatable bonds is 11. The molecule has 3 aromatic carbocycles. The van der Waals surface area contributed by atoms with Gasteiger partial charge in [-0.25, -0.2) is 12.8 Å². The number of nitrogens with one attached hydrogen (secondary N) is 1. The molecule has 37 heavy (non-hydrogen) atoms. The number of sulfonamides is 1. The van der Waals surface area contributed by atoms with Crippen LogP contribution in [0.1, 0.15) is 25.8 Å². The SMILES string of the molecule is CCCNC(=O)C(C)N(Cc1ccccc1F)C(=O)CN(c1ccc(I)cc1)S(=O)(=O)c1ccccc1. The van der Waals surface area contributed by atoms with Gasteiger partial charge in [-0.05, 0) is 78.4 Å². The monoisotopic (exact) mass is 637 g/mol. The molecule has 7 nitrogen and oxygen atoms in total. The van der Waals surface area contributed by atoms with Crippen LogP contribution in [0.25, 0.3) is 0 Å². The zero-order valence-corrected chi connectivity index (χ0v) is 23.6. The molecule has 0 aliphatic heterocycles. The highest BCUT2D eigenvalue weighted by atomic mass is 127. The van der Waals surface area contributed by atoms with Gasteiger partial charge in [0.05, 0.1) is 10.6 Å². The van der Waals surface area contributed by atoms with Crippen molar-refractivity contribution in [2.75, 3.05) is 17.4 Å². The van der Waals surface area contributed by atoms with E-state index in [0.717, 1.165) is 7.88 Å². The number of anilines is 1. The van der Waals surface area contributed by atoms with Crippen LogP contribution in [0.2, 0.25) is 0 Å². The number of hydrogen-bond donors (Lipinski definition) is 1. The lowest BCUT2D eigenvalue weighted by Gasteiger charge is -2.32. The van der Waals surface area contributed by atoms with Crippen molar-refractivity contribution < 1.29 is 22.4 Å². The van der Waals surface area contributed by atoms with E-state index >= 15 is 0 Å². The third kappa shape index (κ3) is 7.29. The van der Waals surface area contributed by atoms with E-state index in [-0.39, 0.29) is 17.0 Å². The summed E-state index contributed by atoms with van der Waals surface area (Å²) in [6.45, 7) is 3.10. The van der Waals surface area contributed by atoms with Crippen molar-refractivity contribution in [1.29, 1.82) is 0 Å². The second kappa shape index (κ2) is 13.0. The first-order valence-electron chi connectivity index (χ1n) is 11.8. The molecule has 3 aromatic rings. The van der Waals surface area contributed by atoms with Gasteiger partial charge in [0.2, 0.25) is 11.8 Å². The molecule has 3 rings (SSSR count). The molecule has 0 aromatic heterocycles. The van der Waals surface area contributed by atoms with Gasteiger partial charge in [-0.2, -0.15) is 0 Å². The maximum absolute atomic E-state index is 14.5. The Bertz CT molecular complexity index is 1320. The maximum atomic E-state index is 14.5. The van der Waals surface area contributed by atoms with E-state index in [4.69, 9.17) is 0 Å². The van der Waals surface area contributed by atoms with Crippen molar-refractivity contribution in [3.63, 3.8) is 0 Å². The summed E-state index contributed by atoms with van der Waals surface area (Å²) in [6, 6.07) is 19.6. The summed E-state index contributed by atoms with van der Waals surface area (Å²) in [6.07, 6.45) is 0.704. The standard InChI is InChI=1S/C27H29FIN3O4S/c1-3-17-30-27(34)20(2)31(18-21-9-7-8-12-25(21)28)26(33)19-32(23-15-13-22(29)14-16-23)37(35,36)24-10-5-4-6-11-24/h4-16,20H,3,17-19H2,1-2H3,(H,30,34). The molecule has 0 bridgehead atoms. The Morgan fingerprint density at radius 3 is 2.22 bits per heavy atom. The number of hydrogen-bond acceptors (Lipinski definition) is 4. The number of carbonyl (C=O) groups excluding carboxylic acids is 2. The van der Waals surface area contributed by atoms with Gasteiger partial charge in [0, 0.05) is 22.2 Å². The van der Waals surface area contributed by atoms with Gasteiger partial charge < -0.3 is 10.2 Å². The molecule has 0 radical (unpaired) electrons. The van der Waals surface area contributed by atoms with Crippen LogP contribution in [-0.4, -0.2) is 44.3 Å². The summed E-state index contributed by atoms with van der Waals surface area (Å²) in [5.74, 6) is -1.56. The van der Waals surface area contributed by atoms with Crippen molar-refractivity contribution in [3.05, 3.63) is 93.8 Å². The summed E-state index contributed by atoms with van der Waals surface area (Å²) < 4.78 is 43.7. The minimum atomic E-state index is -4.13. The van der Waals surface area contributed by atoms with Crippen molar-refractivity contribution in [2.45, 2.75) is 37.8 Å². The van der Waals surface area contributed by atoms with Crippen LogP contribution in [-0.2, 0) is 26.2 Å². The second-order valence-electron chi connectivity index (χ2n) is 8.38. The first kappa shape index (κ1) is 28.6. The lowest BCUT2D eigenvalue weighted by atomic mass is 10.1. The largest absolute Gasteiger partial charge is 0.354 e. The van der Waals surface area contributed by atoms with Gasteiger partial charge in [-0.1, -0.05) is 43.3 Å². The molecule has 196 valence electrons. The molecular formula is C27H29FIN3O4S. The fourth-order valence-electron chi connectivity index (χ4n) is 3.64. The Balaban J connectivity index is 2.01. The van der Waals surface area contributed by atoms with Crippen molar-refractivity contribution in [3.8, 4) is 0 Å². The van der Waals surface area contributed by atoms with Crippen LogP contribution in [0, 0.1) is 9.39 Å². The maximum Gasteiger partial charge on any atom is 0.264 e. The molecule has 1 atom stereocenters. The molecule has 0 saturated carbocycles.